The van der Waals surface area contributed by atoms with E-state index in [1.165, 1.54) is 30.6 Å². The molecule has 8 heteroatoms. The molecular formula is C20H24N6OS. The summed E-state index contributed by atoms with van der Waals surface area (Å²) >= 11 is 1.45. The van der Waals surface area contributed by atoms with Crippen LogP contribution in [0.3, 0.4) is 0 Å². The Bertz CT molecular complexity index is 1080. The maximum atomic E-state index is 13.4. The van der Waals surface area contributed by atoms with Gasteiger partial charge in [-0.05, 0) is 56.3 Å². The summed E-state index contributed by atoms with van der Waals surface area (Å²) in [5.41, 5.74) is 2.39. The summed E-state index contributed by atoms with van der Waals surface area (Å²) in [5, 5.41) is 6.95. The van der Waals surface area contributed by atoms with E-state index in [-0.39, 0.29) is 11.3 Å². The number of carbonyl (C=O) groups is 1. The van der Waals surface area contributed by atoms with Gasteiger partial charge in [-0.25, -0.2) is 15.0 Å². The van der Waals surface area contributed by atoms with Crippen LogP contribution in [0.5, 0.6) is 0 Å². The van der Waals surface area contributed by atoms with Crippen LogP contribution in [-0.2, 0) is 11.8 Å². The van der Waals surface area contributed by atoms with Crippen LogP contribution in [0.4, 0.5) is 10.9 Å². The summed E-state index contributed by atoms with van der Waals surface area (Å²) in [6.07, 6.45) is 8.96. The average Bonchev–Trinajstić information content (AvgIpc) is 3.22. The normalized spacial score (nSPS) is 31.0. The number of aryl methyl sites for hydroxylation is 1. The number of imidazole rings is 1. The molecule has 0 aliphatic heterocycles. The van der Waals surface area contributed by atoms with Crippen molar-refractivity contribution in [3.63, 3.8) is 0 Å². The van der Waals surface area contributed by atoms with E-state index in [9.17, 15) is 4.79 Å². The standard InChI is InChI=1S/C20H24N6OS/c1-21-16-13-15(26(2)9-22-13)14-17(24-16)28-19(23-14)25-18(27)20-6-10-3-11(7-20)5-12(4-10)8-20/h9-12H,3-8H2,1-2H3,(H,21,24)(H,23,25,27). The molecule has 4 aliphatic carbocycles. The van der Waals surface area contributed by atoms with Crippen LogP contribution in [0, 0.1) is 23.2 Å². The van der Waals surface area contributed by atoms with Gasteiger partial charge in [-0.3, -0.25) is 4.79 Å². The van der Waals surface area contributed by atoms with Gasteiger partial charge in [0.25, 0.3) is 0 Å². The molecule has 4 saturated carbocycles. The maximum Gasteiger partial charge on any atom is 0.232 e. The minimum absolute atomic E-state index is 0.169. The molecule has 3 heterocycles. The number of amides is 1. The maximum absolute atomic E-state index is 13.4. The van der Waals surface area contributed by atoms with Gasteiger partial charge in [0, 0.05) is 14.1 Å². The van der Waals surface area contributed by atoms with Crippen LogP contribution in [0.25, 0.3) is 21.4 Å². The molecule has 0 aromatic carbocycles. The highest BCUT2D eigenvalue weighted by Crippen LogP contribution is 2.60. The molecule has 7 nitrogen and oxygen atoms in total. The zero-order valence-electron chi connectivity index (χ0n) is 16.2. The van der Waals surface area contributed by atoms with E-state index in [1.807, 2.05) is 18.7 Å². The third-order valence-corrected chi connectivity index (χ3v) is 8.05. The van der Waals surface area contributed by atoms with Crippen molar-refractivity contribution >= 4 is 49.6 Å². The van der Waals surface area contributed by atoms with Gasteiger partial charge in [-0.1, -0.05) is 11.3 Å². The minimum atomic E-state index is -0.169. The number of nitrogens with one attached hydrogen (secondary N) is 2. The lowest BCUT2D eigenvalue weighted by molar-refractivity contribution is -0.140. The molecule has 3 aromatic rings. The first-order chi connectivity index (χ1) is 13.5. The molecule has 0 spiro atoms. The van der Waals surface area contributed by atoms with E-state index < -0.39 is 0 Å². The molecule has 4 aliphatic rings. The number of nitrogens with zero attached hydrogens (tertiary/aromatic N) is 4. The first-order valence-electron chi connectivity index (χ1n) is 10.2. The lowest BCUT2D eigenvalue weighted by atomic mass is 9.49. The Hall–Kier alpha value is -2.22. The van der Waals surface area contributed by atoms with Crippen LogP contribution in [0.2, 0.25) is 0 Å². The Kier molecular flexibility index (Phi) is 3.37. The fourth-order valence-corrected chi connectivity index (χ4v) is 7.27. The number of hydrogen-bond donors (Lipinski definition) is 2. The Balaban J connectivity index is 1.37. The predicted molar refractivity (Wildman–Crippen MR) is 110 cm³/mol. The largest absolute Gasteiger partial charge is 0.371 e. The minimum Gasteiger partial charge on any atom is -0.371 e. The van der Waals surface area contributed by atoms with Crippen LogP contribution in [0.15, 0.2) is 6.33 Å². The third kappa shape index (κ3) is 2.27. The molecule has 0 atom stereocenters. The van der Waals surface area contributed by atoms with Gasteiger partial charge < -0.3 is 15.2 Å². The van der Waals surface area contributed by atoms with Crippen molar-refractivity contribution in [2.24, 2.45) is 30.2 Å². The van der Waals surface area contributed by atoms with Crippen LogP contribution in [0.1, 0.15) is 38.5 Å². The smallest absolute Gasteiger partial charge is 0.232 e. The first kappa shape index (κ1) is 16.7. The van der Waals surface area contributed by atoms with Gasteiger partial charge in [0.05, 0.1) is 11.7 Å². The summed E-state index contributed by atoms with van der Waals surface area (Å²) in [5.74, 6) is 3.18. The number of fused-ring (bicyclic) bond motifs is 3. The SMILES string of the molecule is CNc1nc2sc(NC(=O)C34CC5CC(CC(C5)C3)C4)nc2c2c1ncn2C. The first-order valence-corrected chi connectivity index (χ1v) is 11.0. The zero-order valence-corrected chi connectivity index (χ0v) is 17.0. The Morgan fingerprint density at radius 2 is 1.82 bits per heavy atom. The summed E-state index contributed by atoms with van der Waals surface area (Å²) in [6, 6.07) is 0. The van der Waals surface area contributed by atoms with Crippen molar-refractivity contribution in [1.29, 1.82) is 0 Å². The number of aromatic nitrogens is 4. The topological polar surface area (TPSA) is 84.7 Å². The molecule has 0 saturated heterocycles. The van der Waals surface area contributed by atoms with E-state index in [0.717, 1.165) is 64.2 Å². The van der Waals surface area contributed by atoms with Gasteiger partial charge in [-0.2, -0.15) is 0 Å². The molecule has 4 fully saturated rings. The van der Waals surface area contributed by atoms with Crippen molar-refractivity contribution in [3.8, 4) is 0 Å². The average molecular weight is 397 g/mol. The lowest BCUT2D eigenvalue weighted by Gasteiger charge is -2.55. The molecule has 4 bridgehead atoms. The molecule has 146 valence electrons. The molecular weight excluding hydrogens is 372 g/mol. The number of rotatable bonds is 3. The molecule has 0 unspecified atom stereocenters. The molecule has 7 rings (SSSR count). The monoisotopic (exact) mass is 396 g/mol. The van der Waals surface area contributed by atoms with Crippen molar-refractivity contribution < 1.29 is 4.79 Å². The van der Waals surface area contributed by atoms with Gasteiger partial charge >= 0.3 is 0 Å². The second kappa shape index (κ2) is 5.65. The summed E-state index contributed by atoms with van der Waals surface area (Å²) in [6.45, 7) is 0. The third-order valence-electron chi connectivity index (χ3n) is 7.19. The molecule has 2 N–H and O–H groups in total. The van der Waals surface area contributed by atoms with Crippen LogP contribution < -0.4 is 10.6 Å². The van der Waals surface area contributed by atoms with E-state index >= 15 is 0 Å². The van der Waals surface area contributed by atoms with E-state index in [1.54, 1.807) is 6.33 Å². The summed E-state index contributed by atoms with van der Waals surface area (Å²) in [7, 11) is 3.81. The van der Waals surface area contributed by atoms with Crippen LogP contribution in [-0.4, -0.2) is 32.5 Å². The van der Waals surface area contributed by atoms with E-state index in [2.05, 4.69) is 20.6 Å². The highest BCUT2D eigenvalue weighted by atomic mass is 32.1. The second-order valence-electron chi connectivity index (χ2n) is 9.09. The molecule has 1 amide bonds. The second-order valence-corrected chi connectivity index (χ2v) is 10.1. The fraction of sp³-hybridized carbons (Fsp3) is 0.600. The zero-order chi connectivity index (χ0) is 19.0. The molecule has 3 aromatic heterocycles. The Labute approximate surface area is 167 Å². The number of hydrogen-bond acceptors (Lipinski definition) is 6. The van der Waals surface area contributed by atoms with E-state index in [0.29, 0.717) is 5.13 Å². The van der Waals surface area contributed by atoms with Crippen LogP contribution >= 0.6 is 11.3 Å². The fourth-order valence-electron chi connectivity index (χ4n) is 6.43. The summed E-state index contributed by atoms with van der Waals surface area (Å²) in [4.78, 5) is 28.0. The number of thiazole rings is 1. The Morgan fingerprint density at radius 1 is 1.14 bits per heavy atom. The Morgan fingerprint density at radius 3 is 2.46 bits per heavy atom. The van der Waals surface area contributed by atoms with Crippen molar-refractivity contribution in [3.05, 3.63) is 6.33 Å². The lowest BCUT2D eigenvalue weighted by Crippen LogP contribution is -2.51. The number of pyridine rings is 1. The highest BCUT2D eigenvalue weighted by Gasteiger charge is 2.54. The molecule has 0 radical (unpaired) electrons. The van der Waals surface area contributed by atoms with Crippen molar-refractivity contribution in [1.82, 2.24) is 19.5 Å². The predicted octanol–water partition coefficient (Wildman–Crippen LogP) is 3.77. The van der Waals surface area contributed by atoms with Crippen molar-refractivity contribution in [2.45, 2.75) is 38.5 Å². The van der Waals surface area contributed by atoms with Gasteiger partial charge in [0.1, 0.15) is 21.4 Å². The number of carbonyl (C=O) groups excluding carboxylic acids is 1. The number of anilines is 2. The quantitative estimate of drug-likeness (QED) is 0.704. The van der Waals surface area contributed by atoms with Crippen molar-refractivity contribution in [2.75, 3.05) is 17.7 Å². The highest BCUT2D eigenvalue weighted by molar-refractivity contribution is 7.22. The molecule has 28 heavy (non-hydrogen) atoms. The van der Waals surface area contributed by atoms with Gasteiger partial charge in [0.2, 0.25) is 5.91 Å². The van der Waals surface area contributed by atoms with E-state index in [4.69, 9.17) is 4.98 Å². The van der Waals surface area contributed by atoms with Gasteiger partial charge in [-0.15, -0.1) is 0 Å². The van der Waals surface area contributed by atoms with Gasteiger partial charge in [0.15, 0.2) is 10.9 Å². The summed E-state index contributed by atoms with van der Waals surface area (Å²) < 4.78 is 1.96.